The fraction of sp³-hybridized carbons (Fsp3) is 0.850. The lowest BCUT2D eigenvalue weighted by Crippen LogP contribution is -2.42. The summed E-state index contributed by atoms with van der Waals surface area (Å²) in [5, 5.41) is 0. The molecule has 4 heteroatoms. The van der Waals surface area contributed by atoms with Crippen LogP contribution in [0.3, 0.4) is 0 Å². The van der Waals surface area contributed by atoms with Gasteiger partial charge in [0.15, 0.2) is 0 Å². The third-order valence-electron chi connectivity index (χ3n) is 4.28. The maximum atomic E-state index is 11.6. The van der Waals surface area contributed by atoms with Gasteiger partial charge >= 0.3 is 11.9 Å². The molecule has 0 aromatic rings. The van der Waals surface area contributed by atoms with E-state index >= 15 is 0 Å². The normalized spacial score (nSPS) is 16.5. The minimum atomic E-state index is -0.423. The highest BCUT2D eigenvalue weighted by Gasteiger charge is 2.39. The molecule has 0 bridgehead atoms. The molecule has 0 amide bonds. The zero-order valence-electron chi connectivity index (χ0n) is 17.1. The van der Waals surface area contributed by atoms with Crippen molar-refractivity contribution in [3.05, 3.63) is 6.92 Å². The zero-order valence-corrected chi connectivity index (χ0v) is 17.1. The Morgan fingerprint density at radius 3 is 1.75 bits per heavy atom. The molecular formula is C20H37O4. The summed E-state index contributed by atoms with van der Waals surface area (Å²) in [4.78, 5) is 23.1. The van der Waals surface area contributed by atoms with Gasteiger partial charge in [-0.1, -0.05) is 48.5 Å². The Bertz CT molecular complexity index is 418. The molecule has 0 spiro atoms. The Labute approximate surface area is 148 Å². The molecule has 141 valence electrons. The quantitative estimate of drug-likeness (QED) is 0.565. The molecule has 0 aliphatic rings. The second kappa shape index (κ2) is 8.87. The summed E-state index contributed by atoms with van der Waals surface area (Å²) >= 11 is 0. The first kappa shape index (κ1) is 22.9. The van der Waals surface area contributed by atoms with E-state index in [0.717, 1.165) is 6.42 Å². The summed E-state index contributed by atoms with van der Waals surface area (Å²) in [5.74, 6) is -0.0601. The number of carbonyl (C=O) groups excluding carboxylic acids is 2. The second-order valence-electron chi connectivity index (χ2n) is 8.92. The van der Waals surface area contributed by atoms with E-state index in [9.17, 15) is 9.59 Å². The lowest BCUT2D eigenvalue weighted by Gasteiger charge is -2.40. The van der Waals surface area contributed by atoms with Crippen molar-refractivity contribution in [1.29, 1.82) is 0 Å². The summed E-state index contributed by atoms with van der Waals surface area (Å²) in [6.45, 7) is 21.5. The molecule has 0 N–H and O–H groups in total. The van der Waals surface area contributed by atoms with Crippen molar-refractivity contribution >= 4 is 11.9 Å². The van der Waals surface area contributed by atoms with Gasteiger partial charge in [0, 0.05) is 24.7 Å². The number of esters is 2. The Kier molecular flexibility index (Phi) is 8.47. The fourth-order valence-corrected chi connectivity index (χ4v) is 3.60. The largest absolute Gasteiger partial charge is 0.462 e. The molecular weight excluding hydrogens is 304 g/mol. The summed E-state index contributed by atoms with van der Waals surface area (Å²) in [5.41, 5.74) is -0.575. The summed E-state index contributed by atoms with van der Waals surface area (Å²) in [7, 11) is 0. The molecule has 0 rings (SSSR count). The monoisotopic (exact) mass is 341 g/mol. The highest BCUT2D eigenvalue weighted by Crippen LogP contribution is 2.38. The van der Waals surface area contributed by atoms with Crippen molar-refractivity contribution in [1.82, 2.24) is 0 Å². The molecule has 0 fully saturated rings. The van der Waals surface area contributed by atoms with Crippen LogP contribution in [0.2, 0.25) is 0 Å². The molecule has 24 heavy (non-hydrogen) atoms. The molecule has 0 aromatic heterocycles. The van der Waals surface area contributed by atoms with Gasteiger partial charge in [0.05, 0.1) is 0 Å². The summed E-state index contributed by atoms with van der Waals surface area (Å²) in [6, 6.07) is 0. The maximum Gasteiger partial charge on any atom is 0.302 e. The fourth-order valence-electron chi connectivity index (χ4n) is 3.60. The molecule has 0 saturated carbocycles. The topological polar surface area (TPSA) is 52.6 Å². The lowest BCUT2D eigenvalue weighted by molar-refractivity contribution is -0.162. The first-order chi connectivity index (χ1) is 10.7. The predicted octanol–water partition coefficient (Wildman–Crippen LogP) is 4.81. The van der Waals surface area contributed by atoms with E-state index in [4.69, 9.17) is 9.47 Å². The van der Waals surface area contributed by atoms with Crippen LogP contribution in [0.25, 0.3) is 0 Å². The van der Waals surface area contributed by atoms with E-state index in [1.807, 2.05) is 20.8 Å². The van der Waals surface area contributed by atoms with Crippen molar-refractivity contribution in [3.63, 3.8) is 0 Å². The Morgan fingerprint density at radius 2 is 1.42 bits per heavy atom. The maximum absolute atomic E-state index is 11.6. The van der Waals surface area contributed by atoms with Crippen molar-refractivity contribution in [2.24, 2.45) is 22.7 Å². The van der Waals surface area contributed by atoms with Crippen molar-refractivity contribution in [2.75, 3.05) is 0 Å². The molecule has 0 heterocycles. The Balaban J connectivity index is 5.37. The minimum Gasteiger partial charge on any atom is -0.462 e. The standard InChI is InChI=1S/C20H37O4/c1-13(2)12-20(9,10)17(23-15(4)21)11-14(3)18(19(6,7)8)24-16(5)22/h13-14,17-18H,6,11-12H2,1-5,7-10H3. The van der Waals surface area contributed by atoms with Crippen molar-refractivity contribution in [2.45, 2.75) is 87.4 Å². The van der Waals surface area contributed by atoms with Crippen LogP contribution in [-0.2, 0) is 19.1 Å². The third kappa shape index (κ3) is 8.16. The number of ether oxygens (including phenoxy) is 2. The number of carbonyl (C=O) groups is 2. The first-order valence-corrected chi connectivity index (χ1v) is 8.86. The van der Waals surface area contributed by atoms with E-state index in [1.54, 1.807) is 0 Å². The van der Waals surface area contributed by atoms with Crippen molar-refractivity contribution in [3.8, 4) is 0 Å². The Morgan fingerprint density at radius 1 is 0.958 bits per heavy atom. The van der Waals surface area contributed by atoms with Crippen LogP contribution in [0.1, 0.15) is 75.2 Å². The minimum absolute atomic E-state index is 0.0252. The van der Waals surface area contributed by atoms with E-state index in [-0.39, 0.29) is 35.5 Å². The molecule has 0 aliphatic heterocycles. The first-order valence-electron chi connectivity index (χ1n) is 8.86. The molecule has 0 saturated heterocycles. The van der Waals surface area contributed by atoms with Gasteiger partial charge in [-0.25, -0.2) is 0 Å². The van der Waals surface area contributed by atoms with Crippen LogP contribution in [-0.4, -0.2) is 24.1 Å². The zero-order chi connectivity index (χ0) is 19.3. The molecule has 1 radical (unpaired) electrons. The molecule has 3 atom stereocenters. The van der Waals surface area contributed by atoms with E-state index < -0.39 is 5.41 Å². The smallest absolute Gasteiger partial charge is 0.302 e. The van der Waals surface area contributed by atoms with Crippen LogP contribution in [0, 0.1) is 29.6 Å². The van der Waals surface area contributed by atoms with Gasteiger partial charge in [0.1, 0.15) is 12.2 Å². The highest BCUT2D eigenvalue weighted by molar-refractivity contribution is 5.66. The number of hydrogen-bond acceptors (Lipinski definition) is 4. The van der Waals surface area contributed by atoms with Gasteiger partial charge < -0.3 is 9.47 Å². The van der Waals surface area contributed by atoms with Crippen LogP contribution in [0.4, 0.5) is 0 Å². The molecule has 0 aliphatic carbocycles. The molecule has 3 unspecified atom stereocenters. The second-order valence-corrected chi connectivity index (χ2v) is 8.92. The van der Waals surface area contributed by atoms with Crippen LogP contribution in [0.15, 0.2) is 0 Å². The van der Waals surface area contributed by atoms with Crippen LogP contribution < -0.4 is 0 Å². The van der Waals surface area contributed by atoms with Crippen LogP contribution >= 0.6 is 0 Å². The molecule has 4 nitrogen and oxygen atoms in total. The van der Waals surface area contributed by atoms with Gasteiger partial charge in [-0.2, -0.15) is 0 Å². The predicted molar refractivity (Wildman–Crippen MR) is 97.3 cm³/mol. The van der Waals surface area contributed by atoms with E-state index in [0.29, 0.717) is 12.3 Å². The van der Waals surface area contributed by atoms with Gasteiger partial charge in [0.2, 0.25) is 0 Å². The molecule has 0 aromatic carbocycles. The number of hydrogen-bond donors (Lipinski definition) is 0. The van der Waals surface area contributed by atoms with E-state index in [2.05, 4.69) is 34.6 Å². The summed E-state index contributed by atoms with van der Waals surface area (Å²) < 4.78 is 11.2. The van der Waals surface area contributed by atoms with Crippen LogP contribution in [0.5, 0.6) is 0 Å². The third-order valence-corrected chi connectivity index (χ3v) is 4.28. The number of rotatable bonds is 9. The van der Waals surface area contributed by atoms with Gasteiger partial charge in [-0.15, -0.1) is 0 Å². The lowest BCUT2D eigenvalue weighted by atomic mass is 9.73. The van der Waals surface area contributed by atoms with Gasteiger partial charge in [-0.3, -0.25) is 9.59 Å². The van der Waals surface area contributed by atoms with Gasteiger partial charge in [0.25, 0.3) is 0 Å². The Hall–Kier alpha value is -1.06. The average molecular weight is 342 g/mol. The van der Waals surface area contributed by atoms with E-state index in [1.165, 1.54) is 13.8 Å². The van der Waals surface area contributed by atoms with Gasteiger partial charge in [-0.05, 0) is 31.6 Å². The summed E-state index contributed by atoms with van der Waals surface area (Å²) in [6.07, 6.45) is 1.02. The highest BCUT2D eigenvalue weighted by atomic mass is 16.5. The average Bonchev–Trinajstić information content (AvgIpc) is 2.31. The van der Waals surface area contributed by atoms with Crippen molar-refractivity contribution < 1.29 is 19.1 Å². The SMILES string of the molecule is [CH2]C(C)(C)C(OC(C)=O)C(C)CC(OC(C)=O)C(C)(C)CC(C)C.